The third kappa shape index (κ3) is 3.62. The molecule has 0 radical (unpaired) electrons. The average Bonchev–Trinajstić information content (AvgIpc) is 3.43. The van der Waals surface area contributed by atoms with Gasteiger partial charge in [0, 0.05) is 84.2 Å². The van der Waals surface area contributed by atoms with Crippen molar-refractivity contribution in [2.24, 2.45) is 7.05 Å². The van der Waals surface area contributed by atoms with E-state index >= 15 is 0 Å². The molecule has 0 aliphatic carbocycles. The molecule has 1 aromatic carbocycles. The van der Waals surface area contributed by atoms with E-state index in [9.17, 15) is 13.6 Å². The molecule has 186 valence electrons. The zero-order valence-corrected chi connectivity index (χ0v) is 22.1. The fraction of sp³-hybridized carbons (Fsp3) is 0.360. The highest BCUT2D eigenvalue weighted by Crippen LogP contribution is 2.41. The molecular formula is C25H24F2IN7O. The van der Waals surface area contributed by atoms with Gasteiger partial charge in [0.05, 0.1) is 35.3 Å². The second-order valence-corrected chi connectivity index (χ2v) is 10.9. The van der Waals surface area contributed by atoms with Crippen molar-refractivity contribution in [2.75, 3.05) is 20.1 Å². The number of benzene rings is 1. The number of carbonyl (C=O) groups is 1. The Hall–Kier alpha value is -2.93. The molecule has 1 atom stereocenters. The molecule has 3 aromatic heterocycles. The number of halogens is 3. The number of rotatable bonds is 4. The van der Waals surface area contributed by atoms with Crippen molar-refractivity contribution in [1.82, 2.24) is 32.3 Å². The van der Waals surface area contributed by atoms with E-state index in [1.54, 1.807) is 36.1 Å². The van der Waals surface area contributed by atoms with Crippen molar-refractivity contribution in [1.29, 1.82) is 0 Å². The van der Waals surface area contributed by atoms with Crippen LogP contribution in [-0.2, 0) is 18.4 Å². The van der Waals surface area contributed by atoms with Crippen molar-refractivity contribution in [3.8, 4) is 22.5 Å². The van der Waals surface area contributed by atoms with Gasteiger partial charge in [-0.3, -0.25) is 9.48 Å². The minimum atomic E-state index is -2.70. The molecule has 1 fully saturated rings. The number of pyridine rings is 1. The van der Waals surface area contributed by atoms with Gasteiger partial charge < -0.3 is 9.47 Å². The zero-order chi connectivity index (χ0) is 25.3. The van der Waals surface area contributed by atoms with Crippen LogP contribution in [-0.4, -0.2) is 58.4 Å². The van der Waals surface area contributed by atoms with Crippen LogP contribution in [0.5, 0.6) is 0 Å². The Morgan fingerprint density at radius 2 is 1.92 bits per heavy atom. The number of nitrogens with zero attached hydrogens (tertiary/aromatic N) is 7. The first-order chi connectivity index (χ1) is 17.2. The molecule has 1 unspecified atom stereocenters. The van der Waals surface area contributed by atoms with Gasteiger partial charge in [0.1, 0.15) is 11.9 Å². The molecule has 0 bridgehead atoms. The normalized spacial score (nSPS) is 18.8. The first-order valence-corrected chi connectivity index (χ1v) is 12.7. The molecule has 0 N–H and O–H groups in total. The van der Waals surface area contributed by atoms with Gasteiger partial charge >= 0.3 is 0 Å². The van der Waals surface area contributed by atoms with Crippen LogP contribution < -0.4 is 0 Å². The van der Waals surface area contributed by atoms with E-state index in [-0.39, 0.29) is 29.1 Å². The summed E-state index contributed by atoms with van der Waals surface area (Å²) in [6, 6.07) is 6.77. The van der Waals surface area contributed by atoms with E-state index in [0.717, 1.165) is 35.9 Å². The number of fused-ring (bicyclic) bond motifs is 2. The number of hydrogen-bond acceptors (Lipinski definition) is 5. The van der Waals surface area contributed by atoms with Gasteiger partial charge in [0.2, 0.25) is 5.91 Å². The van der Waals surface area contributed by atoms with Crippen LogP contribution in [0.15, 0.2) is 36.7 Å². The van der Waals surface area contributed by atoms with Crippen LogP contribution in [0, 0.1) is 0 Å². The number of aromatic nitrogens is 5. The monoisotopic (exact) mass is 603 g/mol. The third-order valence-corrected chi connectivity index (χ3v) is 7.89. The summed E-state index contributed by atoms with van der Waals surface area (Å²) >= 11 is 2.29. The summed E-state index contributed by atoms with van der Waals surface area (Å²) in [6.07, 6.45) is 0.529. The Kier molecular flexibility index (Phi) is 5.59. The minimum absolute atomic E-state index is 0.0408. The fourth-order valence-corrected chi connectivity index (χ4v) is 6.20. The average molecular weight is 603 g/mol. The highest BCUT2D eigenvalue weighted by Gasteiger charge is 2.38. The summed E-state index contributed by atoms with van der Waals surface area (Å²) in [4.78, 5) is 24.3. The topological polar surface area (TPSA) is 72.1 Å². The van der Waals surface area contributed by atoms with Gasteiger partial charge in [-0.1, -0.05) is 12.1 Å². The Morgan fingerprint density at radius 3 is 2.58 bits per heavy atom. The largest absolute Gasteiger partial charge is 0.338 e. The lowest BCUT2D eigenvalue weighted by molar-refractivity contribution is -0.135. The van der Waals surface area contributed by atoms with Crippen molar-refractivity contribution in [3.63, 3.8) is 0 Å². The minimum Gasteiger partial charge on any atom is -0.338 e. The smallest absolute Gasteiger partial charge is 0.265 e. The summed E-state index contributed by atoms with van der Waals surface area (Å²) in [5.74, 6) is 1.14. The second kappa shape index (κ2) is 8.58. The first-order valence-electron chi connectivity index (χ1n) is 11.7. The van der Waals surface area contributed by atoms with Gasteiger partial charge in [-0.05, 0) is 19.1 Å². The zero-order valence-electron chi connectivity index (χ0n) is 20.0. The molecule has 8 nitrogen and oxygen atoms in total. The van der Waals surface area contributed by atoms with Crippen molar-refractivity contribution in [2.45, 2.75) is 31.9 Å². The van der Waals surface area contributed by atoms with E-state index in [1.165, 1.54) is 6.07 Å². The fourth-order valence-electron chi connectivity index (χ4n) is 5.25. The van der Waals surface area contributed by atoms with Crippen molar-refractivity contribution < 1.29 is 13.6 Å². The van der Waals surface area contributed by atoms with Gasteiger partial charge in [-0.15, -0.1) is 0 Å². The number of carbonyl (C=O) groups excluding carboxylic acids is 1. The van der Waals surface area contributed by atoms with Crippen LogP contribution in [0.2, 0.25) is 0 Å². The highest BCUT2D eigenvalue weighted by atomic mass is 127. The SMILES string of the molecule is CC1C(=O)N(C)Cc2c(-c3cccc4nc(-c5cnn(C)c5)c(C(F)F)cc34)nc(C3CN(I)C3)n21. The van der Waals surface area contributed by atoms with Gasteiger partial charge in [-0.25, -0.2) is 21.9 Å². The van der Waals surface area contributed by atoms with Crippen LogP contribution >= 0.6 is 22.9 Å². The number of imidazole rings is 1. The molecule has 2 aliphatic heterocycles. The molecule has 6 rings (SSSR count). The molecule has 5 heterocycles. The lowest BCUT2D eigenvalue weighted by Gasteiger charge is -2.37. The Bertz CT molecular complexity index is 1510. The molecule has 36 heavy (non-hydrogen) atoms. The lowest BCUT2D eigenvalue weighted by atomic mass is 9.99. The highest BCUT2D eigenvalue weighted by molar-refractivity contribution is 14.1. The molecule has 1 amide bonds. The second-order valence-electron chi connectivity index (χ2n) is 9.53. The molecule has 0 spiro atoms. The Labute approximate surface area is 220 Å². The van der Waals surface area contributed by atoms with E-state index in [2.05, 4.69) is 40.6 Å². The van der Waals surface area contributed by atoms with E-state index in [4.69, 9.17) is 4.98 Å². The summed E-state index contributed by atoms with van der Waals surface area (Å²) in [6.45, 7) is 4.02. The quantitative estimate of drug-likeness (QED) is 0.250. The molecular weight excluding hydrogens is 579 g/mol. The van der Waals surface area contributed by atoms with Crippen LogP contribution in [0.3, 0.4) is 0 Å². The Morgan fingerprint density at radius 1 is 1.14 bits per heavy atom. The van der Waals surface area contributed by atoms with E-state index < -0.39 is 6.43 Å². The number of likely N-dealkylation sites (N-methyl/N-ethyl adjacent to an activating group) is 1. The summed E-state index contributed by atoms with van der Waals surface area (Å²) in [7, 11) is 3.53. The number of amides is 1. The maximum Gasteiger partial charge on any atom is 0.265 e. The predicted molar refractivity (Wildman–Crippen MR) is 140 cm³/mol. The molecule has 4 aromatic rings. The summed E-state index contributed by atoms with van der Waals surface area (Å²) < 4.78 is 34.3. The number of hydrogen-bond donors (Lipinski definition) is 0. The maximum absolute atomic E-state index is 14.3. The molecule has 0 saturated carbocycles. The Balaban J connectivity index is 1.58. The first kappa shape index (κ1) is 23.5. The van der Waals surface area contributed by atoms with Crippen LogP contribution in [0.4, 0.5) is 8.78 Å². The van der Waals surface area contributed by atoms with E-state index in [0.29, 0.717) is 23.0 Å². The summed E-state index contributed by atoms with van der Waals surface area (Å²) in [5, 5.41) is 4.74. The van der Waals surface area contributed by atoms with Crippen LogP contribution in [0.1, 0.15) is 42.4 Å². The van der Waals surface area contributed by atoms with Gasteiger partial charge in [-0.2, -0.15) is 5.10 Å². The molecule has 1 saturated heterocycles. The van der Waals surface area contributed by atoms with E-state index in [1.807, 2.05) is 25.1 Å². The summed E-state index contributed by atoms with van der Waals surface area (Å²) in [5.41, 5.74) is 3.63. The third-order valence-electron chi connectivity index (χ3n) is 7.10. The van der Waals surface area contributed by atoms with Crippen LogP contribution in [0.25, 0.3) is 33.4 Å². The van der Waals surface area contributed by atoms with Crippen molar-refractivity contribution in [3.05, 3.63) is 53.7 Å². The van der Waals surface area contributed by atoms with Gasteiger partial charge in [0.25, 0.3) is 6.43 Å². The maximum atomic E-state index is 14.3. The standard InChI is InChI=1S/C25H24F2IN7O/c1-13-25(36)32(2)12-20-22(31-24(35(13)20)15-10-34(28)11-15)16-5-4-6-19-17(16)7-18(23(26)27)21(30-19)14-8-29-33(3)9-14/h4-9,13,15,23H,10-12H2,1-3H3. The molecule has 2 aliphatic rings. The van der Waals surface area contributed by atoms with Gasteiger partial charge in [0.15, 0.2) is 0 Å². The number of alkyl halides is 2. The number of aryl methyl sites for hydroxylation is 1. The van der Waals surface area contributed by atoms with Crippen molar-refractivity contribution >= 4 is 39.7 Å². The lowest BCUT2D eigenvalue weighted by Crippen LogP contribution is -2.43. The predicted octanol–water partition coefficient (Wildman–Crippen LogP) is 4.72. The molecule has 11 heteroatoms.